The van der Waals surface area contributed by atoms with Crippen LogP contribution in [-0.2, 0) is 4.74 Å². The summed E-state index contributed by atoms with van der Waals surface area (Å²) in [5.74, 6) is -3.68. The topological polar surface area (TPSA) is 110 Å². The average molecular weight is 192 g/mol. The van der Waals surface area contributed by atoms with Crippen LogP contribution < -0.4 is 0 Å². The quantitative estimate of drug-likeness (QED) is 0.302. The number of aliphatic hydroxyl groups excluding tert-OH is 4. The van der Waals surface area contributed by atoms with Crippen molar-refractivity contribution in [1.82, 2.24) is 0 Å². The largest absolute Gasteiger partial charge is 0.396 e. The maximum absolute atomic E-state index is 9.66. The van der Waals surface area contributed by atoms with Crippen LogP contribution in [0, 0.1) is 11.8 Å². The number of ether oxygens (including phenoxy) is 1. The van der Waals surface area contributed by atoms with Crippen molar-refractivity contribution in [2.45, 2.75) is 24.3 Å². The van der Waals surface area contributed by atoms with E-state index in [1.807, 2.05) is 0 Å². The first kappa shape index (κ1) is 9.32. The van der Waals surface area contributed by atoms with Crippen molar-refractivity contribution in [2.75, 3.05) is 6.61 Å². The fourth-order valence-electron chi connectivity index (χ4n) is 2.16. The average Bonchev–Trinajstić information content (AvgIpc) is 2.17. The zero-order valence-electron chi connectivity index (χ0n) is 6.74. The highest BCUT2D eigenvalue weighted by molar-refractivity contribution is 5.09. The van der Waals surface area contributed by atoms with Gasteiger partial charge in [0.25, 0.3) is 0 Å². The summed E-state index contributed by atoms with van der Waals surface area (Å²) < 4.78 is 4.63. The van der Waals surface area contributed by atoms with E-state index < -0.39 is 42.7 Å². The lowest BCUT2D eigenvalue weighted by Gasteiger charge is -2.47. The van der Waals surface area contributed by atoms with Crippen molar-refractivity contribution >= 4 is 0 Å². The zero-order valence-corrected chi connectivity index (χ0v) is 6.74. The molecule has 76 valence electrons. The van der Waals surface area contributed by atoms with Crippen LogP contribution in [0.4, 0.5) is 0 Å². The van der Waals surface area contributed by atoms with Gasteiger partial charge < -0.3 is 30.3 Å². The van der Waals surface area contributed by atoms with E-state index in [2.05, 4.69) is 4.74 Å². The highest BCUT2D eigenvalue weighted by atomic mass is 16.7. The molecule has 5 N–H and O–H groups in total. The Morgan fingerprint density at radius 2 is 1.77 bits per heavy atom. The molecule has 1 saturated heterocycles. The first-order valence-electron chi connectivity index (χ1n) is 4.07. The lowest BCUT2D eigenvalue weighted by atomic mass is 9.89. The normalized spacial score (nSPS) is 60.2. The molecule has 1 aliphatic heterocycles. The van der Waals surface area contributed by atoms with Gasteiger partial charge in [0, 0.05) is 0 Å². The van der Waals surface area contributed by atoms with Gasteiger partial charge in [-0.15, -0.1) is 0 Å². The van der Waals surface area contributed by atoms with Crippen molar-refractivity contribution in [3.8, 4) is 0 Å². The van der Waals surface area contributed by atoms with Crippen molar-refractivity contribution in [2.24, 2.45) is 11.8 Å². The minimum Gasteiger partial charge on any atom is -0.396 e. The second-order valence-electron chi connectivity index (χ2n) is 3.56. The Kier molecular flexibility index (Phi) is 1.88. The molecule has 0 spiro atoms. The van der Waals surface area contributed by atoms with Crippen LogP contribution in [0.3, 0.4) is 0 Å². The Morgan fingerprint density at radius 3 is 2.15 bits per heavy atom. The molecule has 0 radical (unpaired) electrons. The maximum atomic E-state index is 9.66. The minimum atomic E-state index is -1.78. The fourth-order valence-corrected chi connectivity index (χ4v) is 2.16. The summed E-state index contributed by atoms with van der Waals surface area (Å²) in [5.41, 5.74) is 0. The molecule has 6 unspecified atom stereocenters. The molecule has 0 aromatic heterocycles. The molecule has 6 heteroatoms. The molecule has 0 aromatic rings. The maximum Gasteiger partial charge on any atom is 0.186 e. The molecule has 1 saturated carbocycles. The Bertz CT molecular complexity index is 209. The minimum absolute atomic E-state index is 0.502. The number of hydrogen-bond donors (Lipinski definition) is 5. The van der Waals surface area contributed by atoms with Crippen molar-refractivity contribution in [3.63, 3.8) is 0 Å². The van der Waals surface area contributed by atoms with Gasteiger partial charge in [-0.25, -0.2) is 0 Å². The summed E-state index contributed by atoms with van der Waals surface area (Å²) in [5, 5.41) is 46.3. The molecule has 2 aliphatic rings. The summed E-state index contributed by atoms with van der Waals surface area (Å²) >= 11 is 0. The summed E-state index contributed by atoms with van der Waals surface area (Å²) in [4.78, 5) is 0. The van der Waals surface area contributed by atoms with E-state index in [0.29, 0.717) is 0 Å². The lowest BCUT2D eigenvalue weighted by Crippen LogP contribution is -2.62. The number of fused-ring (bicyclic) bond motifs is 1. The third-order valence-corrected chi connectivity index (χ3v) is 2.95. The Balaban J connectivity index is 2.25. The van der Waals surface area contributed by atoms with Gasteiger partial charge in [0.1, 0.15) is 0 Å². The highest BCUT2D eigenvalue weighted by Crippen LogP contribution is 2.51. The van der Waals surface area contributed by atoms with E-state index in [9.17, 15) is 15.3 Å². The van der Waals surface area contributed by atoms with Gasteiger partial charge in [-0.2, -0.15) is 0 Å². The molecule has 13 heavy (non-hydrogen) atoms. The van der Waals surface area contributed by atoms with Gasteiger partial charge in [-0.05, 0) is 0 Å². The third kappa shape index (κ3) is 0.927. The Hall–Kier alpha value is -0.240. The van der Waals surface area contributed by atoms with Gasteiger partial charge >= 0.3 is 0 Å². The predicted octanol–water partition coefficient (Wildman–Crippen LogP) is -3.02. The van der Waals surface area contributed by atoms with Gasteiger partial charge in [-0.1, -0.05) is 0 Å². The molecule has 6 nitrogen and oxygen atoms in total. The van der Waals surface area contributed by atoms with Crippen LogP contribution in [0.1, 0.15) is 0 Å². The molecule has 6 atom stereocenters. The monoisotopic (exact) mass is 192 g/mol. The standard InChI is InChI=1S/C7H12O6/c8-1-2-4(9)5(10)3-6(11)13-7(2,3)12/h2-6,8-12H,1H2. The first-order valence-corrected chi connectivity index (χ1v) is 4.07. The molecule has 1 heterocycles. The van der Waals surface area contributed by atoms with Crippen LogP contribution in [0.25, 0.3) is 0 Å². The van der Waals surface area contributed by atoms with Crippen LogP contribution >= 0.6 is 0 Å². The third-order valence-electron chi connectivity index (χ3n) is 2.95. The van der Waals surface area contributed by atoms with E-state index in [-0.39, 0.29) is 0 Å². The molecular weight excluding hydrogens is 180 g/mol. The fraction of sp³-hybridized carbons (Fsp3) is 1.00. The highest BCUT2D eigenvalue weighted by Gasteiger charge is 2.70. The van der Waals surface area contributed by atoms with E-state index in [4.69, 9.17) is 10.2 Å². The summed E-state index contributed by atoms with van der Waals surface area (Å²) in [6, 6.07) is 0. The van der Waals surface area contributed by atoms with Crippen molar-refractivity contribution < 1.29 is 30.3 Å². The number of aliphatic hydroxyl groups is 5. The molecule has 2 rings (SSSR count). The summed E-state index contributed by atoms with van der Waals surface area (Å²) in [6.07, 6.45) is -3.80. The molecule has 0 amide bonds. The predicted molar refractivity (Wildman–Crippen MR) is 38.1 cm³/mol. The van der Waals surface area contributed by atoms with E-state index in [1.54, 1.807) is 0 Å². The second-order valence-corrected chi connectivity index (χ2v) is 3.56. The zero-order chi connectivity index (χ0) is 9.80. The molecule has 2 fully saturated rings. The van der Waals surface area contributed by atoms with Gasteiger partial charge in [0.2, 0.25) is 0 Å². The lowest BCUT2D eigenvalue weighted by molar-refractivity contribution is -0.429. The first-order chi connectivity index (χ1) is 6.02. The van der Waals surface area contributed by atoms with Crippen molar-refractivity contribution in [1.29, 1.82) is 0 Å². The SMILES string of the molecule is OCC1C(O)C(O)C2C(O)OC12O. The van der Waals surface area contributed by atoms with E-state index >= 15 is 0 Å². The van der Waals surface area contributed by atoms with Gasteiger partial charge in [0.05, 0.1) is 30.7 Å². The molecule has 1 aliphatic carbocycles. The second kappa shape index (κ2) is 2.63. The molecular formula is C7H12O6. The van der Waals surface area contributed by atoms with Crippen LogP contribution in [0.5, 0.6) is 0 Å². The van der Waals surface area contributed by atoms with E-state index in [1.165, 1.54) is 0 Å². The van der Waals surface area contributed by atoms with Gasteiger partial charge in [0.15, 0.2) is 12.1 Å². The number of hydrogen-bond acceptors (Lipinski definition) is 6. The van der Waals surface area contributed by atoms with Gasteiger partial charge in [-0.3, -0.25) is 0 Å². The summed E-state index contributed by atoms with van der Waals surface area (Å²) in [7, 11) is 0. The van der Waals surface area contributed by atoms with E-state index in [0.717, 1.165) is 0 Å². The van der Waals surface area contributed by atoms with Crippen molar-refractivity contribution in [3.05, 3.63) is 0 Å². The molecule has 0 aromatic carbocycles. The van der Waals surface area contributed by atoms with Crippen LogP contribution in [-0.4, -0.2) is 56.4 Å². The van der Waals surface area contributed by atoms with Crippen LogP contribution in [0.2, 0.25) is 0 Å². The van der Waals surface area contributed by atoms with Crippen LogP contribution in [0.15, 0.2) is 0 Å². The Morgan fingerprint density at radius 1 is 1.15 bits per heavy atom. The molecule has 0 bridgehead atoms. The summed E-state index contributed by atoms with van der Waals surface area (Å²) in [6.45, 7) is -0.502. The number of rotatable bonds is 1. The Labute approximate surface area is 74.0 Å². The smallest absolute Gasteiger partial charge is 0.186 e.